The number of hydrogen-bond acceptors (Lipinski definition) is 11. The summed E-state index contributed by atoms with van der Waals surface area (Å²) in [6.45, 7) is -0.857. The molecule has 124 valence electrons. The monoisotopic (exact) mass is 319 g/mol. The average Bonchev–Trinajstić information content (AvgIpc) is 2.45. The van der Waals surface area contributed by atoms with Gasteiger partial charge in [-0.15, -0.1) is 0 Å². The largest absolute Gasteiger partial charge is 0.393 e. The van der Waals surface area contributed by atoms with Crippen molar-refractivity contribution in [3.05, 3.63) is 0 Å². The van der Waals surface area contributed by atoms with E-state index >= 15 is 0 Å². The molecule has 9 atom stereocenters. The highest BCUT2D eigenvalue weighted by atomic mass is 16.9. The molecule has 1 spiro atoms. The second-order valence-corrected chi connectivity index (χ2v) is 6.22. The van der Waals surface area contributed by atoms with Crippen molar-refractivity contribution in [3.63, 3.8) is 0 Å². The fraction of sp³-hybridized carbons (Fsp3) is 0.909. The number of guanidine groups is 1. The van der Waals surface area contributed by atoms with E-state index in [1.165, 1.54) is 0 Å². The van der Waals surface area contributed by atoms with E-state index in [1.807, 2.05) is 0 Å². The summed E-state index contributed by atoms with van der Waals surface area (Å²) in [6.07, 6.45) is -7.77. The Morgan fingerprint density at radius 3 is 2.45 bits per heavy atom. The highest BCUT2D eigenvalue weighted by molar-refractivity contribution is 5.80. The Morgan fingerprint density at radius 1 is 1.18 bits per heavy atom. The van der Waals surface area contributed by atoms with Crippen LogP contribution in [0, 0.1) is 5.92 Å². The molecule has 0 aromatic rings. The Bertz CT molecular complexity index is 561. The first-order chi connectivity index (χ1) is 10.2. The van der Waals surface area contributed by atoms with Crippen LogP contribution >= 0.6 is 0 Å². The van der Waals surface area contributed by atoms with Crippen molar-refractivity contribution in [3.8, 4) is 0 Å². The number of aliphatic imine (C=N–C) groups is 1. The number of nitrogens with one attached hydrogen (secondary N) is 1. The number of rotatable bonds is 1. The lowest BCUT2D eigenvalue weighted by Gasteiger charge is -2.71. The molecule has 0 amide bonds. The lowest BCUT2D eigenvalue weighted by Crippen LogP contribution is -2.95. The van der Waals surface area contributed by atoms with E-state index < -0.39 is 60.3 Å². The summed E-state index contributed by atoms with van der Waals surface area (Å²) in [5.41, 5.74) is 1.74. The molecule has 5 rings (SSSR count). The van der Waals surface area contributed by atoms with E-state index in [-0.39, 0.29) is 5.96 Å². The lowest BCUT2D eigenvalue weighted by atomic mass is 9.55. The topological polar surface area (TPSA) is 190 Å². The predicted molar refractivity (Wildman–Crippen MR) is 65.7 cm³/mol. The molecule has 9 N–H and O–H groups in total. The van der Waals surface area contributed by atoms with Crippen molar-refractivity contribution in [2.24, 2.45) is 16.6 Å². The molecule has 11 heteroatoms. The van der Waals surface area contributed by atoms with Gasteiger partial charge in [0.25, 0.3) is 0 Å². The third-order valence-corrected chi connectivity index (χ3v) is 5.22. The van der Waals surface area contributed by atoms with Crippen LogP contribution in [0.2, 0.25) is 0 Å². The predicted octanol–water partition coefficient (Wildman–Crippen LogP) is -5.52. The van der Waals surface area contributed by atoms with Crippen LogP contribution in [-0.2, 0) is 9.47 Å². The minimum Gasteiger partial charge on any atom is -0.393 e. The lowest BCUT2D eigenvalue weighted by molar-refractivity contribution is -0.548. The number of hydrogen-bond donors (Lipinski definition) is 8. The van der Waals surface area contributed by atoms with Crippen molar-refractivity contribution in [1.29, 1.82) is 0 Å². The van der Waals surface area contributed by atoms with Crippen LogP contribution in [0.5, 0.6) is 0 Å². The SMILES string of the molecule is NC1=N[C@H](O)[C@@H]2[C@H]3O[C@]4(O)O[C@@H]([C@@H](O)[C@@]2(N1)[C@H]4O)[C@@]3(O)CO. The fourth-order valence-electron chi connectivity index (χ4n) is 4.24. The van der Waals surface area contributed by atoms with E-state index in [0.717, 1.165) is 0 Å². The summed E-state index contributed by atoms with van der Waals surface area (Å²) in [4.78, 5) is 3.70. The normalized spacial score (nSPS) is 62.4. The molecule has 4 fully saturated rings. The highest BCUT2D eigenvalue weighted by Gasteiger charge is 2.82. The third-order valence-electron chi connectivity index (χ3n) is 5.22. The number of nitrogens with zero attached hydrogens (tertiary/aromatic N) is 1. The molecule has 0 aromatic heterocycles. The van der Waals surface area contributed by atoms with E-state index in [0.29, 0.717) is 0 Å². The molecule has 1 saturated carbocycles. The van der Waals surface area contributed by atoms with Crippen molar-refractivity contribution >= 4 is 5.96 Å². The second kappa shape index (κ2) is 3.88. The molecule has 3 saturated heterocycles. The summed E-state index contributed by atoms with van der Waals surface area (Å²) in [7, 11) is 0. The van der Waals surface area contributed by atoms with Gasteiger partial charge in [0.2, 0.25) is 0 Å². The molecule has 0 aromatic carbocycles. The van der Waals surface area contributed by atoms with Crippen molar-refractivity contribution in [1.82, 2.24) is 5.32 Å². The Balaban J connectivity index is 1.95. The molecule has 22 heavy (non-hydrogen) atoms. The number of aliphatic hydroxyl groups is 6. The van der Waals surface area contributed by atoms with Crippen LogP contribution in [0.15, 0.2) is 4.99 Å². The third kappa shape index (κ3) is 1.28. The number of ether oxygens (including phenoxy) is 2. The van der Waals surface area contributed by atoms with Gasteiger partial charge >= 0.3 is 5.97 Å². The van der Waals surface area contributed by atoms with Gasteiger partial charge in [0.15, 0.2) is 18.3 Å². The Hall–Kier alpha value is -1.05. The van der Waals surface area contributed by atoms with Crippen LogP contribution in [-0.4, -0.2) is 91.0 Å². The Morgan fingerprint density at radius 2 is 1.82 bits per heavy atom. The molecule has 4 aliphatic heterocycles. The van der Waals surface area contributed by atoms with Crippen molar-refractivity contribution in [2.75, 3.05) is 6.61 Å². The van der Waals surface area contributed by atoms with E-state index in [4.69, 9.17) is 15.2 Å². The smallest absolute Gasteiger partial charge is 0.311 e. The first-order valence-corrected chi connectivity index (χ1v) is 6.77. The summed E-state index contributed by atoms with van der Waals surface area (Å²) in [5.74, 6) is -3.95. The summed E-state index contributed by atoms with van der Waals surface area (Å²) in [5, 5.41) is 64.3. The van der Waals surface area contributed by atoms with Gasteiger partial charge < -0.3 is 51.2 Å². The average molecular weight is 319 g/mol. The zero-order chi connectivity index (χ0) is 16.1. The maximum atomic E-state index is 10.6. The van der Waals surface area contributed by atoms with Crippen LogP contribution in [0.25, 0.3) is 0 Å². The van der Waals surface area contributed by atoms with Crippen LogP contribution < -0.4 is 11.1 Å². The summed E-state index contributed by atoms with van der Waals surface area (Å²) >= 11 is 0. The van der Waals surface area contributed by atoms with Gasteiger partial charge in [-0.25, -0.2) is 4.99 Å². The molecular weight excluding hydrogens is 302 g/mol. The van der Waals surface area contributed by atoms with Gasteiger partial charge in [-0.05, 0) is 0 Å². The van der Waals surface area contributed by atoms with Gasteiger partial charge in [0.1, 0.15) is 29.5 Å². The van der Waals surface area contributed by atoms with Crippen LogP contribution in [0.3, 0.4) is 0 Å². The molecule has 0 radical (unpaired) electrons. The maximum Gasteiger partial charge on any atom is 0.311 e. The molecule has 5 aliphatic rings. The van der Waals surface area contributed by atoms with Crippen molar-refractivity contribution < 1.29 is 40.1 Å². The molecule has 4 bridgehead atoms. The first kappa shape index (κ1) is 14.5. The Kier molecular flexibility index (Phi) is 2.57. The number of nitrogens with two attached hydrogens (primary N) is 1. The standard InChI is InChI=1S/C11H17N3O8/c12-8-13-6(17)2-4-9(19,1-15)5-3(16)10(2,14-8)7(18)11(20,21-4)22-5/h2-7,15-20H,1H2,(H3,12,13,14)/t2-,3+,4+,5-,6+,7+,9+,10+,11-/m0/s1. The zero-order valence-corrected chi connectivity index (χ0v) is 11.2. The van der Waals surface area contributed by atoms with Gasteiger partial charge in [-0.2, -0.15) is 0 Å². The maximum absolute atomic E-state index is 10.6. The zero-order valence-electron chi connectivity index (χ0n) is 11.2. The van der Waals surface area contributed by atoms with E-state index in [1.54, 1.807) is 0 Å². The summed E-state index contributed by atoms with van der Waals surface area (Å²) in [6, 6.07) is 0. The quantitative estimate of drug-likeness (QED) is 0.231. The van der Waals surface area contributed by atoms with Gasteiger partial charge in [-0.3, -0.25) is 0 Å². The van der Waals surface area contributed by atoms with Gasteiger partial charge in [0, 0.05) is 0 Å². The van der Waals surface area contributed by atoms with Gasteiger partial charge in [-0.1, -0.05) is 0 Å². The van der Waals surface area contributed by atoms with E-state index in [2.05, 4.69) is 10.3 Å². The summed E-state index contributed by atoms with van der Waals surface area (Å²) < 4.78 is 10.3. The molecule has 11 nitrogen and oxygen atoms in total. The van der Waals surface area contributed by atoms with Crippen molar-refractivity contribution in [2.45, 2.75) is 47.8 Å². The fourth-order valence-corrected chi connectivity index (χ4v) is 4.24. The van der Waals surface area contributed by atoms with Crippen LogP contribution in [0.1, 0.15) is 0 Å². The minimum absolute atomic E-state index is 0.250. The minimum atomic E-state index is -2.52. The Labute approximate surface area is 123 Å². The first-order valence-electron chi connectivity index (χ1n) is 6.77. The molecule has 1 aliphatic carbocycles. The molecule has 0 unspecified atom stereocenters. The van der Waals surface area contributed by atoms with E-state index in [9.17, 15) is 30.6 Å². The van der Waals surface area contributed by atoms with Gasteiger partial charge in [0.05, 0.1) is 12.5 Å². The molecule has 4 heterocycles. The highest BCUT2D eigenvalue weighted by Crippen LogP contribution is 2.58. The second-order valence-electron chi connectivity index (χ2n) is 6.22. The molecular formula is C11H17N3O8. The van der Waals surface area contributed by atoms with Crippen LogP contribution in [0.4, 0.5) is 0 Å². The number of aliphatic hydroxyl groups excluding tert-OH is 4.